The van der Waals surface area contributed by atoms with Crippen molar-refractivity contribution in [1.82, 2.24) is 14.8 Å². The summed E-state index contributed by atoms with van der Waals surface area (Å²) in [6.07, 6.45) is -1.87. The van der Waals surface area contributed by atoms with Crippen LogP contribution in [0.2, 0.25) is 0 Å². The van der Waals surface area contributed by atoms with Gasteiger partial charge in [-0.3, -0.25) is 4.79 Å². The molecule has 0 bridgehead atoms. The number of halogens is 1. The van der Waals surface area contributed by atoms with Crippen molar-refractivity contribution in [3.63, 3.8) is 0 Å². The van der Waals surface area contributed by atoms with Crippen LogP contribution in [0, 0.1) is 5.92 Å². The Kier molecular flexibility index (Phi) is 3.14. The lowest BCUT2D eigenvalue weighted by Gasteiger charge is -2.14. The fraction of sp³-hybridized carbons (Fsp3) is 0.500. The lowest BCUT2D eigenvalue weighted by atomic mass is 10.0. The highest BCUT2D eigenvalue weighted by atomic mass is 19.1. The van der Waals surface area contributed by atoms with Gasteiger partial charge in [0.2, 0.25) is 5.82 Å². The summed E-state index contributed by atoms with van der Waals surface area (Å²) in [5.74, 6) is -1.82. The SMILES string of the molecule is C=C1[C@@H](n2cnc(C(N)=O)n2)[C@@H](F)C(O)[C@H]1CO. The van der Waals surface area contributed by atoms with Crippen molar-refractivity contribution in [1.29, 1.82) is 0 Å². The third-order valence-corrected chi connectivity index (χ3v) is 3.11. The van der Waals surface area contributed by atoms with Crippen LogP contribution in [-0.2, 0) is 0 Å². The molecule has 1 aromatic rings. The van der Waals surface area contributed by atoms with Gasteiger partial charge in [0.15, 0.2) is 6.17 Å². The summed E-state index contributed by atoms with van der Waals surface area (Å²) in [4.78, 5) is 14.5. The van der Waals surface area contributed by atoms with E-state index in [1.54, 1.807) is 0 Å². The molecule has 0 saturated heterocycles. The Morgan fingerprint density at radius 3 is 2.78 bits per heavy atom. The molecule has 4 N–H and O–H groups in total. The highest BCUT2D eigenvalue weighted by Crippen LogP contribution is 2.40. The topological polar surface area (TPSA) is 114 Å². The quantitative estimate of drug-likeness (QED) is 0.587. The van der Waals surface area contributed by atoms with Crippen LogP contribution < -0.4 is 5.73 Å². The predicted octanol–water partition coefficient (Wildman–Crippen LogP) is -1.20. The minimum Gasteiger partial charge on any atom is -0.396 e. The molecule has 1 aliphatic rings. The Labute approximate surface area is 102 Å². The summed E-state index contributed by atoms with van der Waals surface area (Å²) in [5.41, 5.74) is 5.30. The van der Waals surface area contributed by atoms with Crippen LogP contribution >= 0.6 is 0 Å². The number of nitrogens with two attached hydrogens (primary N) is 1. The van der Waals surface area contributed by atoms with Crippen LogP contribution in [-0.4, -0.2) is 49.8 Å². The van der Waals surface area contributed by atoms with E-state index in [0.717, 1.165) is 11.0 Å². The molecular weight excluding hydrogens is 243 g/mol. The van der Waals surface area contributed by atoms with Crippen molar-refractivity contribution < 1.29 is 19.4 Å². The van der Waals surface area contributed by atoms with Crippen LogP contribution in [0.25, 0.3) is 0 Å². The molecule has 98 valence electrons. The molecule has 18 heavy (non-hydrogen) atoms. The van der Waals surface area contributed by atoms with Gasteiger partial charge in [-0.15, -0.1) is 5.10 Å². The largest absolute Gasteiger partial charge is 0.396 e. The first-order valence-corrected chi connectivity index (χ1v) is 5.30. The number of aromatic nitrogens is 3. The molecule has 1 unspecified atom stereocenters. The molecule has 1 heterocycles. The number of nitrogens with zero attached hydrogens (tertiary/aromatic N) is 3. The molecule has 0 radical (unpaired) electrons. The Balaban J connectivity index is 2.32. The monoisotopic (exact) mass is 256 g/mol. The predicted molar refractivity (Wildman–Crippen MR) is 58.2 cm³/mol. The average Bonchev–Trinajstić information content (AvgIpc) is 2.85. The van der Waals surface area contributed by atoms with E-state index in [-0.39, 0.29) is 5.82 Å². The average molecular weight is 256 g/mol. The number of primary amides is 1. The fourth-order valence-corrected chi connectivity index (χ4v) is 2.11. The van der Waals surface area contributed by atoms with Gasteiger partial charge in [0.1, 0.15) is 12.4 Å². The third kappa shape index (κ3) is 1.79. The second kappa shape index (κ2) is 4.46. The Hall–Kier alpha value is -1.80. The standard InChI is InChI=1S/C10H13FN4O3/c1-4-5(2-16)8(17)6(11)7(4)15-3-13-10(14-15)9(12)18/h3,5-8,16-17H,1-2H2,(H2,12,18)/t5-,6+,7+,8?/m0/s1. The Morgan fingerprint density at radius 1 is 1.67 bits per heavy atom. The van der Waals surface area contributed by atoms with Crippen LogP contribution in [0.4, 0.5) is 4.39 Å². The maximum atomic E-state index is 13.9. The van der Waals surface area contributed by atoms with Crippen molar-refractivity contribution in [3.8, 4) is 0 Å². The van der Waals surface area contributed by atoms with E-state index >= 15 is 0 Å². The number of hydrogen-bond donors (Lipinski definition) is 3. The Bertz CT molecular complexity index is 489. The molecule has 0 aliphatic heterocycles. The third-order valence-electron chi connectivity index (χ3n) is 3.11. The number of carbonyl (C=O) groups is 1. The van der Waals surface area contributed by atoms with Crippen molar-refractivity contribution in [2.75, 3.05) is 6.61 Å². The summed E-state index contributed by atoms with van der Waals surface area (Å²) >= 11 is 0. The zero-order valence-corrected chi connectivity index (χ0v) is 9.40. The van der Waals surface area contributed by atoms with Gasteiger partial charge in [-0.05, 0) is 5.57 Å². The number of rotatable bonds is 3. The van der Waals surface area contributed by atoms with Gasteiger partial charge in [-0.25, -0.2) is 14.1 Å². The first-order valence-electron chi connectivity index (χ1n) is 5.30. The molecule has 1 amide bonds. The first kappa shape index (κ1) is 12.7. The first-order chi connectivity index (χ1) is 8.47. The second-order valence-electron chi connectivity index (χ2n) is 4.16. The van der Waals surface area contributed by atoms with Crippen LogP contribution in [0.3, 0.4) is 0 Å². The van der Waals surface area contributed by atoms with E-state index in [2.05, 4.69) is 16.7 Å². The summed E-state index contributed by atoms with van der Waals surface area (Å²) in [5, 5.41) is 22.4. The lowest BCUT2D eigenvalue weighted by Crippen LogP contribution is -2.27. The Morgan fingerprint density at radius 2 is 2.33 bits per heavy atom. The number of aliphatic hydroxyl groups is 2. The van der Waals surface area contributed by atoms with Crippen LogP contribution in [0.1, 0.15) is 16.7 Å². The highest BCUT2D eigenvalue weighted by Gasteiger charge is 2.47. The normalized spacial score (nSPS) is 31.8. The van der Waals surface area contributed by atoms with E-state index in [0.29, 0.717) is 5.57 Å². The summed E-state index contributed by atoms with van der Waals surface area (Å²) in [7, 11) is 0. The zero-order valence-electron chi connectivity index (χ0n) is 9.40. The zero-order chi connectivity index (χ0) is 13.4. The minimum absolute atomic E-state index is 0.239. The maximum absolute atomic E-state index is 13.9. The molecule has 7 nitrogen and oxygen atoms in total. The van der Waals surface area contributed by atoms with E-state index in [4.69, 9.17) is 10.8 Å². The minimum atomic E-state index is -1.67. The highest BCUT2D eigenvalue weighted by molar-refractivity contribution is 5.88. The molecule has 2 rings (SSSR count). The molecule has 1 aromatic heterocycles. The molecule has 0 aromatic carbocycles. The molecule has 0 spiro atoms. The van der Waals surface area contributed by atoms with E-state index in [1.165, 1.54) is 0 Å². The van der Waals surface area contributed by atoms with E-state index < -0.39 is 36.7 Å². The fourth-order valence-electron chi connectivity index (χ4n) is 2.11. The molecule has 8 heteroatoms. The van der Waals surface area contributed by atoms with Crippen molar-refractivity contribution in [2.45, 2.75) is 18.3 Å². The number of amides is 1. The number of carbonyl (C=O) groups excluding carboxylic acids is 1. The van der Waals surface area contributed by atoms with Gasteiger partial charge in [-0.1, -0.05) is 6.58 Å². The van der Waals surface area contributed by atoms with Crippen molar-refractivity contribution in [3.05, 3.63) is 24.3 Å². The van der Waals surface area contributed by atoms with Gasteiger partial charge in [0.05, 0.1) is 12.7 Å². The molecule has 1 aliphatic carbocycles. The molecule has 1 fully saturated rings. The van der Waals surface area contributed by atoms with Crippen LogP contribution in [0.5, 0.6) is 0 Å². The summed E-state index contributed by atoms with van der Waals surface area (Å²) < 4.78 is 15.0. The van der Waals surface area contributed by atoms with Gasteiger partial charge in [0, 0.05) is 5.92 Å². The second-order valence-corrected chi connectivity index (χ2v) is 4.16. The maximum Gasteiger partial charge on any atom is 0.288 e. The molecule has 4 atom stereocenters. The van der Waals surface area contributed by atoms with Gasteiger partial charge in [0.25, 0.3) is 5.91 Å². The van der Waals surface area contributed by atoms with Gasteiger partial charge in [-0.2, -0.15) is 0 Å². The number of aliphatic hydroxyl groups excluding tert-OH is 2. The number of hydrogen-bond acceptors (Lipinski definition) is 5. The molecule has 1 saturated carbocycles. The van der Waals surface area contributed by atoms with Gasteiger partial charge < -0.3 is 15.9 Å². The number of alkyl halides is 1. The van der Waals surface area contributed by atoms with E-state index in [1.807, 2.05) is 0 Å². The van der Waals surface area contributed by atoms with E-state index in [9.17, 15) is 14.3 Å². The van der Waals surface area contributed by atoms with Crippen molar-refractivity contribution >= 4 is 5.91 Å². The van der Waals surface area contributed by atoms with Crippen molar-refractivity contribution in [2.24, 2.45) is 11.7 Å². The lowest BCUT2D eigenvalue weighted by molar-refractivity contribution is 0.0412. The smallest absolute Gasteiger partial charge is 0.288 e. The summed E-state index contributed by atoms with van der Waals surface area (Å²) in [6.45, 7) is 3.25. The molecular formula is C10H13FN4O3. The van der Waals surface area contributed by atoms with Gasteiger partial charge >= 0.3 is 0 Å². The summed E-state index contributed by atoms with van der Waals surface area (Å²) in [6, 6.07) is -0.960. The van der Waals surface area contributed by atoms with Crippen LogP contribution in [0.15, 0.2) is 18.5 Å².